The molecular weight excluding hydrogens is 154 g/mol. The largest absolute Gasteiger partial charge is 0.468 e. The van der Waals surface area contributed by atoms with Crippen LogP contribution in [0, 0.1) is 0 Å². The van der Waals surface area contributed by atoms with Crippen LogP contribution in [0.15, 0.2) is 12.7 Å². The molecular formula is C9H15NO2. The highest BCUT2D eigenvalue weighted by molar-refractivity contribution is 5.76. The van der Waals surface area contributed by atoms with Crippen molar-refractivity contribution < 1.29 is 9.53 Å². The summed E-state index contributed by atoms with van der Waals surface area (Å²) < 4.78 is 4.66. The molecule has 1 heterocycles. The number of carbonyl (C=O) groups excluding carboxylic acids is 1. The average molecular weight is 169 g/mol. The van der Waals surface area contributed by atoms with Crippen molar-refractivity contribution in [3.8, 4) is 0 Å². The average Bonchev–Trinajstić information content (AvgIpc) is 2.02. The summed E-state index contributed by atoms with van der Waals surface area (Å²) in [6, 6.07) is 0.228. The Morgan fingerprint density at radius 2 is 2.50 bits per heavy atom. The molecule has 12 heavy (non-hydrogen) atoms. The monoisotopic (exact) mass is 169 g/mol. The number of nitrogens with zero attached hydrogens (tertiary/aromatic N) is 1. The lowest BCUT2D eigenvalue weighted by atomic mass is 10.0. The van der Waals surface area contributed by atoms with E-state index in [0.717, 1.165) is 13.0 Å². The molecule has 0 N–H and O–H groups in total. The van der Waals surface area contributed by atoms with Gasteiger partial charge in [0.05, 0.1) is 7.11 Å². The summed E-state index contributed by atoms with van der Waals surface area (Å²) in [6.45, 7) is 6.68. The molecule has 0 amide bonds. The molecule has 2 unspecified atom stereocenters. The van der Waals surface area contributed by atoms with E-state index in [-0.39, 0.29) is 18.1 Å². The Hall–Kier alpha value is -0.830. The first-order valence-corrected chi connectivity index (χ1v) is 4.16. The van der Waals surface area contributed by atoms with Crippen molar-refractivity contribution in [2.45, 2.75) is 25.4 Å². The Balaban J connectivity index is 2.48. The van der Waals surface area contributed by atoms with Crippen LogP contribution in [-0.4, -0.2) is 36.6 Å². The van der Waals surface area contributed by atoms with Crippen molar-refractivity contribution in [3.63, 3.8) is 0 Å². The number of rotatable bonds is 3. The summed E-state index contributed by atoms with van der Waals surface area (Å²) in [5.74, 6) is -0.130. The standard InChI is InChI=1S/C9H15NO2/c1-4-7(2)10-6-5-8(10)9(11)12-3/h4,7-8H,1,5-6H2,2-3H3. The minimum absolute atomic E-state index is 0.0389. The zero-order chi connectivity index (χ0) is 9.14. The number of hydrogen-bond acceptors (Lipinski definition) is 3. The van der Waals surface area contributed by atoms with Crippen LogP contribution in [0.2, 0.25) is 0 Å². The Morgan fingerprint density at radius 3 is 2.83 bits per heavy atom. The normalized spacial score (nSPS) is 25.7. The van der Waals surface area contributed by atoms with Crippen molar-refractivity contribution in [1.29, 1.82) is 0 Å². The molecule has 0 spiro atoms. The van der Waals surface area contributed by atoms with Crippen LogP contribution < -0.4 is 0 Å². The topological polar surface area (TPSA) is 29.5 Å². The summed E-state index contributed by atoms with van der Waals surface area (Å²) >= 11 is 0. The molecule has 0 aromatic carbocycles. The third-order valence-electron chi connectivity index (χ3n) is 2.40. The van der Waals surface area contributed by atoms with E-state index < -0.39 is 0 Å². The van der Waals surface area contributed by atoms with E-state index in [0.29, 0.717) is 0 Å². The maximum atomic E-state index is 11.1. The van der Waals surface area contributed by atoms with E-state index in [1.807, 2.05) is 13.0 Å². The summed E-state index contributed by atoms with van der Waals surface area (Å²) in [5.41, 5.74) is 0. The number of likely N-dealkylation sites (tertiary alicyclic amines) is 1. The molecule has 2 atom stereocenters. The third kappa shape index (κ3) is 1.50. The van der Waals surface area contributed by atoms with Crippen LogP contribution in [-0.2, 0) is 9.53 Å². The first-order chi connectivity index (χ1) is 5.70. The molecule has 1 rings (SSSR count). The van der Waals surface area contributed by atoms with Gasteiger partial charge in [0, 0.05) is 12.6 Å². The van der Waals surface area contributed by atoms with Gasteiger partial charge in [-0.1, -0.05) is 6.08 Å². The quantitative estimate of drug-likeness (QED) is 0.462. The van der Waals surface area contributed by atoms with Crippen LogP contribution in [0.5, 0.6) is 0 Å². The number of hydrogen-bond donors (Lipinski definition) is 0. The Kier molecular flexibility index (Phi) is 2.87. The Labute approximate surface area is 73.0 Å². The summed E-state index contributed by atoms with van der Waals surface area (Å²) in [4.78, 5) is 13.2. The number of ether oxygens (including phenoxy) is 1. The Morgan fingerprint density at radius 1 is 1.83 bits per heavy atom. The Bertz CT molecular complexity index is 191. The second-order valence-corrected chi connectivity index (χ2v) is 3.04. The molecule has 3 nitrogen and oxygen atoms in total. The SMILES string of the molecule is C=CC(C)N1CCC1C(=O)OC. The molecule has 1 aliphatic rings. The van der Waals surface area contributed by atoms with Crippen molar-refractivity contribution in [2.75, 3.05) is 13.7 Å². The zero-order valence-electron chi connectivity index (χ0n) is 7.62. The lowest BCUT2D eigenvalue weighted by Gasteiger charge is -2.41. The number of carbonyl (C=O) groups is 1. The second kappa shape index (κ2) is 3.72. The van der Waals surface area contributed by atoms with Crippen LogP contribution in [0.25, 0.3) is 0 Å². The van der Waals surface area contributed by atoms with Crippen molar-refractivity contribution >= 4 is 5.97 Å². The molecule has 0 radical (unpaired) electrons. The summed E-state index contributed by atoms with van der Waals surface area (Å²) in [7, 11) is 1.43. The van der Waals surface area contributed by atoms with E-state index >= 15 is 0 Å². The first-order valence-electron chi connectivity index (χ1n) is 4.16. The third-order valence-corrected chi connectivity index (χ3v) is 2.40. The molecule has 0 bridgehead atoms. The lowest BCUT2D eigenvalue weighted by Crippen LogP contribution is -2.55. The van der Waals surface area contributed by atoms with E-state index in [2.05, 4.69) is 16.2 Å². The second-order valence-electron chi connectivity index (χ2n) is 3.04. The van der Waals surface area contributed by atoms with Crippen LogP contribution in [0.4, 0.5) is 0 Å². The summed E-state index contributed by atoms with van der Waals surface area (Å²) in [5, 5.41) is 0. The van der Waals surface area contributed by atoms with Gasteiger partial charge in [-0.15, -0.1) is 6.58 Å². The van der Waals surface area contributed by atoms with Crippen molar-refractivity contribution in [1.82, 2.24) is 4.90 Å². The molecule has 1 aliphatic heterocycles. The maximum Gasteiger partial charge on any atom is 0.323 e. The van der Waals surface area contributed by atoms with Gasteiger partial charge in [-0.05, 0) is 13.3 Å². The minimum atomic E-state index is -0.130. The smallest absolute Gasteiger partial charge is 0.323 e. The highest BCUT2D eigenvalue weighted by Gasteiger charge is 2.36. The zero-order valence-corrected chi connectivity index (χ0v) is 7.62. The fourth-order valence-corrected chi connectivity index (χ4v) is 1.42. The molecule has 0 saturated carbocycles. The fraction of sp³-hybridized carbons (Fsp3) is 0.667. The fourth-order valence-electron chi connectivity index (χ4n) is 1.42. The van der Waals surface area contributed by atoms with Gasteiger partial charge in [0.2, 0.25) is 0 Å². The minimum Gasteiger partial charge on any atom is -0.468 e. The molecule has 0 aliphatic carbocycles. The molecule has 0 aromatic rings. The van der Waals surface area contributed by atoms with Crippen LogP contribution >= 0.6 is 0 Å². The number of esters is 1. The van der Waals surface area contributed by atoms with Gasteiger partial charge in [-0.3, -0.25) is 9.69 Å². The van der Waals surface area contributed by atoms with E-state index in [9.17, 15) is 4.79 Å². The van der Waals surface area contributed by atoms with Gasteiger partial charge >= 0.3 is 5.97 Å². The predicted molar refractivity (Wildman–Crippen MR) is 46.8 cm³/mol. The van der Waals surface area contributed by atoms with Gasteiger partial charge in [0.15, 0.2) is 0 Å². The van der Waals surface area contributed by atoms with Crippen LogP contribution in [0.3, 0.4) is 0 Å². The van der Waals surface area contributed by atoms with E-state index in [1.165, 1.54) is 7.11 Å². The van der Waals surface area contributed by atoms with Gasteiger partial charge in [-0.2, -0.15) is 0 Å². The van der Waals surface area contributed by atoms with E-state index in [1.54, 1.807) is 0 Å². The van der Waals surface area contributed by atoms with Crippen molar-refractivity contribution in [3.05, 3.63) is 12.7 Å². The summed E-state index contributed by atoms with van der Waals surface area (Å²) in [6.07, 6.45) is 2.75. The van der Waals surface area contributed by atoms with Crippen LogP contribution in [0.1, 0.15) is 13.3 Å². The molecule has 68 valence electrons. The molecule has 0 aromatic heterocycles. The van der Waals surface area contributed by atoms with Gasteiger partial charge in [0.25, 0.3) is 0 Å². The maximum absolute atomic E-state index is 11.1. The van der Waals surface area contributed by atoms with Gasteiger partial charge in [0.1, 0.15) is 6.04 Å². The molecule has 1 fully saturated rings. The molecule has 1 saturated heterocycles. The molecule has 3 heteroatoms. The van der Waals surface area contributed by atoms with Gasteiger partial charge in [-0.25, -0.2) is 0 Å². The predicted octanol–water partition coefficient (Wildman–Crippen LogP) is 0.808. The highest BCUT2D eigenvalue weighted by Crippen LogP contribution is 2.21. The number of methoxy groups -OCH3 is 1. The first kappa shape index (κ1) is 9.26. The van der Waals surface area contributed by atoms with Gasteiger partial charge < -0.3 is 4.74 Å². The highest BCUT2D eigenvalue weighted by atomic mass is 16.5. The lowest BCUT2D eigenvalue weighted by molar-refractivity contribution is -0.152. The van der Waals surface area contributed by atoms with E-state index in [4.69, 9.17) is 0 Å². The van der Waals surface area contributed by atoms with Crippen molar-refractivity contribution in [2.24, 2.45) is 0 Å².